The summed E-state index contributed by atoms with van der Waals surface area (Å²) in [5.74, 6) is 0.133. The molecule has 4 nitrogen and oxygen atoms in total. The number of thiazole rings is 1. The van der Waals surface area contributed by atoms with Crippen molar-refractivity contribution in [1.29, 1.82) is 0 Å². The minimum Gasteiger partial charge on any atom is -0.367 e. The minimum atomic E-state index is -0.0504. The number of amides is 1. The first-order chi connectivity index (χ1) is 11.2. The molecule has 1 aliphatic rings. The number of benzene rings is 1. The fourth-order valence-corrected chi connectivity index (χ4v) is 3.61. The molecule has 0 aliphatic carbocycles. The fraction of sp³-hybridized carbons (Fsp3) is 0.444. The lowest BCUT2D eigenvalue weighted by Crippen LogP contribution is -2.46. The molecule has 5 heteroatoms. The van der Waals surface area contributed by atoms with E-state index >= 15 is 0 Å². The molecular formula is C18H22N2O2S. The molecule has 2 aromatic rings. The number of carbonyl (C=O) groups excluding carboxylic acids is 1. The summed E-state index contributed by atoms with van der Waals surface area (Å²) in [5.41, 5.74) is 2.01. The summed E-state index contributed by atoms with van der Waals surface area (Å²) < 4.78 is 6.02. The third-order valence-corrected chi connectivity index (χ3v) is 5.06. The van der Waals surface area contributed by atoms with Gasteiger partial charge in [-0.15, -0.1) is 11.3 Å². The molecule has 23 heavy (non-hydrogen) atoms. The van der Waals surface area contributed by atoms with Crippen LogP contribution in [-0.2, 0) is 22.4 Å². The van der Waals surface area contributed by atoms with Gasteiger partial charge in [0.15, 0.2) is 0 Å². The standard InChI is InChI=1S/C18H22N2O2S/c1-3-17-19-15(12-23-17)9-18(21)20-10-13(2)22-16(11-20)14-7-5-4-6-8-14/h4-8,12-13,16H,3,9-11H2,1-2H3. The van der Waals surface area contributed by atoms with Crippen LogP contribution in [0.15, 0.2) is 35.7 Å². The van der Waals surface area contributed by atoms with Crippen LogP contribution in [0.1, 0.15) is 36.2 Å². The monoisotopic (exact) mass is 330 g/mol. The highest BCUT2D eigenvalue weighted by atomic mass is 32.1. The van der Waals surface area contributed by atoms with Crippen molar-refractivity contribution >= 4 is 17.2 Å². The Kier molecular flexibility index (Phi) is 5.08. The van der Waals surface area contributed by atoms with E-state index in [0.29, 0.717) is 19.5 Å². The molecule has 1 aromatic carbocycles. The maximum absolute atomic E-state index is 12.6. The Labute approximate surface area is 141 Å². The Bertz CT molecular complexity index is 656. The van der Waals surface area contributed by atoms with Crippen LogP contribution in [-0.4, -0.2) is 35.0 Å². The molecule has 1 amide bonds. The Balaban J connectivity index is 1.67. The fourth-order valence-electron chi connectivity index (χ4n) is 2.87. The molecule has 1 aliphatic heterocycles. The van der Waals surface area contributed by atoms with Gasteiger partial charge >= 0.3 is 0 Å². The lowest BCUT2D eigenvalue weighted by Gasteiger charge is -2.37. The Morgan fingerprint density at radius 3 is 2.83 bits per heavy atom. The van der Waals surface area contributed by atoms with Gasteiger partial charge in [0.1, 0.15) is 6.10 Å². The van der Waals surface area contributed by atoms with Crippen molar-refractivity contribution < 1.29 is 9.53 Å². The predicted molar refractivity (Wildman–Crippen MR) is 91.5 cm³/mol. The van der Waals surface area contributed by atoms with E-state index in [0.717, 1.165) is 22.7 Å². The van der Waals surface area contributed by atoms with Crippen molar-refractivity contribution in [2.75, 3.05) is 13.1 Å². The molecule has 1 saturated heterocycles. The normalized spacial score (nSPS) is 21.4. The summed E-state index contributed by atoms with van der Waals surface area (Å²) in [5, 5.41) is 3.08. The van der Waals surface area contributed by atoms with Gasteiger partial charge in [-0.25, -0.2) is 4.98 Å². The third kappa shape index (κ3) is 3.98. The number of rotatable bonds is 4. The van der Waals surface area contributed by atoms with Crippen LogP contribution >= 0.6 is 11.3 Å². The van der Waals surface area contributed by atoms with Crippen LogP contribution < -0.4 is 0 Å². The highest BCUT2D eigenvalue weighted by Crippen LogP contribution is 2.25. The van der Waals surface area contributed by atoms with E-state index in [2.05, 4.69) is 24.0 Å². The first-order valence-electron chi connectivity index (χ1n) is 8.07. The summed E-state index contributed by atoms with van der Waals surface area (Å²) in [6, 6.07) is 10.1. The Morgan fingerprint density at radius 2 is 2.13 bits per heavy atom. The quantitative estimate of drug-likeness (QED) is 0.864. The van der Waals surface area contributed by atoms with E-state index in [1.807, 2.05) is 35.4 Å². The van der Waals surface area contributed by atoms with E-state index < -0.39 is 0 Å². The minimum absolute atomic E-state index is 0.0412. The van der Waals surface area contributed by atoms with E-state index in [1.54, 1.807) is 11.3 Å². The average Bonchev–Trinajstić information content (AvgIpc) is 3.02. The number of carbonyl (C=O) groups is 1. The zero-order valence-corrected chi connectivity index (χ0v) is 14.4. The summed E-state index contributed by atoms with van der Waals surface area (Å²) >= 11 is 1.63. The van der Waals surface area contributed by atoms with Crippen LogP contribution in [0.4, 0.5) is 0 Å². The molecule has 3 rings (SSSR count). The molecule has 2 atom stereocenters. The number of nitrogens with zero attached hydrogens (tertiary/aromatic N) is 2. The number of hydrogen-bond donors (Lipinski definition) is 0. The molecule has 0 bridgehead atoms. The van der Waals surface area contributed by atoms with Crippen LogP contribution in [0, 0.1) is 0 Å². The van der Waals surface area contributed by atoms with Gasteiger partial charge in [-0.1, -0.05) is 37.3 Å². The number of aryl methyl sites for hydroxylation is 1. The zero-order chi connectivity index (χ0) is 16.2. The van der Waals surface area contributed by atoms with Gasteiger partial charge in [-0.05, 0) is 18.9 Å². The van der Waals surface area contributed by atoms with Gasteiger partial charge in [-0.3, -0.25) is 4.79 Å². The maximum Gasteiger partial charge on any atom is 0.228 e. The largest absolute Gasteiger partial charge is 0.367 e. The number of aromatic nitrogens is 1. The third-order valence-electron chi connectivity index (χ3n) is 4.02. The van der Waals surface area contributed by atoms with Gasteiger partial charge in [0.25, 0.3) is 0 Å². The van der Waals surface area contributed by atoms with Crippen molar-refractivity contribution in [2.24, 2.45) is 0 Å². The van der Waals surface area contributed by atoms with Crippen molar-refractivity contribution in [3.63, 3.8) is 0 Å². The molecule has 122 valence electrons. The van der Waals surface area contributed by atoms with Gasteiger partial charge in [0, 0.05) is 11.9 Å². The molecule has 1 aromatic heterocycles. The van der Waals surface area contributed by atoms with E-state index in [-0.39, 0.29) is 18.1 Å². The van der Waals surface area contributed by atoms with Gasteiger partial charge < -0.3 is 9.64 Å². The topological polar surface area (TPSA) is 42.4 Å². The van der Waals surface area contributed by atoms with Crippen molar-refractivity contribution in [3.8, 4) is 0 Å². The molecule has 0 spiro atoms. The smallest absolute Gasteiger partial charge is 0.228 e. The van der Waals surface area contributed by atoms with Crippen LogP contribution in [0.25, 0.3) is 0 Å². The van der Waals surface area contributed by atoms with Crippen LogP contribution in [0.2, 0.25) is 0 Å². The predicted octanol–water partition coefficient (Wildman–Crippen LogP) is 3.24. The second kappa shape index (κ2) is 7.23. The van der Waals surface area contributed by atoms with Gasteiger partial charge in [0.2, 0.25) is 5.91 Å². The highest BCUT2D eigenvalue weighted by Gasteiger charge is 2.29. The lowest BCUT2D eigenvalue weighted by molar-refractivity contribution is -0.144. The number of hydrogen-bond acceptors (Lipinski definition) is 4. The van der Waals surface area contributed by atoms with Crippen molar-refractivity contribution in [1.82, 2.24) is 9.88 Å². The SMILES string of the molecule is CCc1nc(CC(=O)N2CC(C)OC(c3ccccc3)C2)cs1. The molecule has 0 radical (unpaired) electrons. The second-order valence-corrected chi connectivity index (χ2v) is 6.85. The molecule has 0 saturated carbocycles. The van der Waals surface area contributed by atoms with Crippen LogP contribution in [0.3, 0.4) is 0 Å². The first kappa shape index (κ1) is 16.1. The van der Waals surface area contributed by atoms with Crippen molar-refractivity contribution in [2.45, 2.75) is 38.9 Å². The van der Waals surface area contributed by atoms with E-state index in [4.69, 9.17) is 4.74 Å². The second-order valence-electron chi connectivity index (χ2n) is 5.91. The summed E-state index contributed by atoms with van der Waals surface area (Å²) in [6.45, 7) is 5.36. The lowest BCUT2D eigenvalue weighted by atomic mass is 10.1. The van der Waals surface area contributed by atoms with Crippen molar-refractivity contribution in [3.05, 3.63) is 52.0 Å². The van der Waals surface area contributed by atoms with Crippen LogP contribution in [0.5, 0.6) is 0 Å². The molecule has 0 N–H and O–H groups in total. The van der Waals surface area contributed by atoms with Gasteiger partial charge in [-0.2, -0.15) is 0 Å². The maximum atomic E-state index is 12.6. The molecule has 2 heterocycles. The van der Waals surface area contributed by atoms with Gasteiger partial charge in [0.05, 0.1) is 29.8 Å². The first-order valence-corrected chi connectivity index (χ1v) is 8.95. The number of ether oxygens (including phenoxy) is 1. The van der Waals surface area contributed by atoms with E-state index in [1.165, 1.54) is 0 Å². The Morgan fingerprint density at radius 1 is 1.35 bits per heavy atom. The van der Waals surface area contributed by atoms with E-state index in [9.17, 15) is 4.79 Å². The molecule has 2 unspecified atom stereocenters. The average molecular weight is 330 g/mol. The number of morpholine rings is 1. The summed E-state index contributed by atoms with van der Waals surface area (Å²) in [4.78, 5) is 19.0. The summed E-state index contributed by atoms with van der Waals surface area (Å²) in [7, 11) is 0. The highest BCUT2D eigenvalue weighted by molar-refractivity contribution is 7.09. The zero-order valence-electron chi connectivity index (χ0n) is 13.6. The molecular weight excluding hydrogens is 308 g/mol. The Hall–Kier alpha value is -1.72. The molecule has 1 fully saturated rings. The summed E-state index contributed by atoms with van der Waals surface area (Å²) in [6.07, 6.45) is 1.29.